The Hall–Kier alpha value is -1.06. The van der Waals surface area contributed by atoms with E-state index in [1.54, 1.807) is 13.4 Å². The average Bonchev–Trinajstić information content (AvgIpc) is 2.38. The Morgan fingerprint density at radius 1 is 1.28 bits per heavy atom. The molecule has 0 spiro atoms. The molecule has 1 aromatic carbocycles. The first-order chi connectivity index (χ1) is 8.31. The van der Waals surface area contributed by atoms with Crippen LogP contribution < -0.4 is 5.32 Å². The summed E-state index contributed by atoms with van der Waals surface area (Å²) in [6.07, 6.45) is 4.00. The standard InChI is InChI=1S/C14H18FNO.ClH/c1-17-10-14(12-6-8-16-9-7-12)11-2-4-13(15)5-3-11;/h2-5,10,12,16H,6-9H2,1H3;1H/b14-10+;. The van der Waals surface area contributed by atoms with Gasteiger partial charge in [-0.2, -0.15) is 0 Å². The van der Waals surface area contributed by atoms with Gasteiger partial charge in [-0.15, -0.1) is 12.4 Å². The Morgan fingerprint density at radius 2 is 1.89 bits per heavy atom. The van der Waals surface area contributed by atoms with E-state index >= 15 is 0 Å². The number of halogens is 2. The number of methoxy groups -OCH3 is 1. The van der Waals surface area contributed by atoms with Gasteiger partial charge in [0.15, 0.2) is 0 Å². The molecule has 1 N–H and O–H groups in total. The highest BCUT2D eigenvalue weighted by Gasteiger charge is 2.19. The molecule has 18 heavy (non-hydrogen) atoms. The second kappa shape index (κ2) is 7.39. The van der Waals surface area contributed by atoms with Gasteiger partial charge in [0.2, 0.25) is 0 Å². The lowest BCUT2D eigenvalue weighted by Gasteiger charge is -2.25. The monoisotopic (exact) mass is 271 g/mol. The molecule has 2 nitrogen and oxygen atoms in total. The van der Waals surface area contributed by atoms with Gasteiger partial charge in [0.05, 0.1) is 13.4 Å². The zero-order chi connectivity index (χ0) is 12.1. The first-order valence-electron chi connectivity index (χ1n) is 6.01. The fourth-order valence-corrected chi connectivity index (χ4v) is 2.30. The molecular formula is C14H19ClFNO. The van der Waals surface area contributed by atoms with E-state index in [-0.39, 0.29) is 18.2 Å². The van der Waals surface area contributed by atoms with Crippen LogP contribution in [0.4, 0.5) is 4.39 Å². The lowest BCUT2D eigenvalue weighted by molar-refractivity contribution is 0.333. The number of allylic oxidation sites excluding steroid dienone is 1. The van der Waals surface area contributed by atoms with Crippen molar-refractivity contribution in [1.82, 2.24) is 5.32 Å². The summed E-state index contributed by atoms with van der Waals surface area (Å²) in [5.74, 6) is 0.303. The SMILES string of the molecule is CO/C=C(\c1ccc(F)cc1)C1CCNCC1.Cl. The van der Waals surface area contributed by atoms with E-state index in [4.69, 9.17) is 4.74 Å². The van der Waals surface area contributed by atoms with Gasteiger partial charge in [0.25, 0.3) is 0 Å². The van der Waals surface area contributed by atoms with Crippen molar-refractivity contribution in [2.75, 3.05) is 20.2 Å². The third-order valence-electron chi connectivity index (χ3n) is 3.20. The molecule has 0 radical (unpaired) electrons. The molecule has 0 unspecified atom stereocenters. The smallest absolute Gasteiger partial charge is 0.123 e. The molecule has 0 saturated carbocycles. The molecule has 0 bridgehead atoms. The van der Waals surface area contributed by atoms with Gasteiger partial charge in [0.1, 0.15) is 5.82 Å². The van der Waals surface area contributed by atoms with E-state index < -0.39 is 0 Å². The van der Waals surface area contributed by atoms with Crippen molar-refractivity contribution in [3.05, 3.63) is 41.9 Å². The van der Waals surface area contributed by atoms with Crippen LogP contribution in [0.25, 0.3) is 5.57 Å². The topological polar surface area (TPSA) is 21.3 Å². The third kappa shape index (κ3) is 3.72. The van der Waals surface area contributed by atoms with Crippen LogP contribution in [0.2, 0.25) is 0 Å². The number of hydrogen-bond donors (Lipinski definition) is 1. The number of rotatable bonds is 3. The summed E-state index contributed by atoms with van der Waals surface area (Å²) in [6.45, 7) is 2.07. The average molecular weight is 272 g/mol. The van der Waals surface area contributed by atoms with Crippen LogP contribution in [0.3, 0.4) is 0 Å². The lowest BCUT2D eigenvalue weighted by atomic mass is 9.86. The quantitative estimate of drug-likeness (QED) is 0.853. The van der Waals surface area contributed by atoms with E-state index in [1.165, 1.54) is 17.7 Å². The Labute approximate surface area is 114 Å². The first-order valence-corrected chi connectivity index (χ1v) is 6.01. The van der Waals surface area contributed by atoms with Crippen molar-refractivity contribution in [2.45, 2.75) is 12.8 Å². The molecule has 1 aliphatic heterocycles. The number of benzene rings is 1. The van der Waals surface area contributed by atoms with Crippen LogP contribution in [0, 0.1) is 11.7 Å². The summed E-state index contributed by atoms with van der Waals surface area (Å²) in [5, 5.41) is 3.34. The predicted molar refractivity (Wildman–Crippen MR) is 74.2 cm³/mol. The molecule has 4 heteroatoms. The predicted octanol–water partition coefficient (Wildman–Crippen LogP) is 3.23. The van der Waals surface area contributed by atoms with Crippen LogP contribution in [0.5, 0.6) is 0 Å². The van der Waals surface area contributed by atoms with Crippen molar-refractivity contribution in [1.29, 1.82) is 0 Å². The van der Waals surface area contributed by atoms with E-state index in [0.29, 0.717) is 5.92 Å². The van der Waals surface area contributed by atoms with Crippen molar-refractivity contribution in [3.63, 3.8) is 0 Å². The highest BCUT2D eigenvalue weighted by atomic mass is 35.5. The van der Waals surface area contributed by atoms with Crippen molar-refractivity contribution < 1.29 is 9.13 Å². The minimum Gasteiger partial charge on any atom is -0.504 e. The van der Waals surface area contributed by atoms with E-state index in [0.717, 1.165) is 31.5 Å². The maximum Gasteiger partial charge on any atom is 0.123 e. The Balaban J connectivity index is 0.00000162. The van der Waals surface area contributed by atoms with Crippen LogP contribution in [-0.4, -0.2) is 20.2 Å². The number of piperidine rings is 1. The summed E-state index contributed by atoms with van der Waals surface area (Å²) in [6, 6.07) is 6.64. The number of nitrogens with one attached hydrogen (secondary N) is 1. The summed E-state index contributed by atoms with van der Waals surface area (Å²) >= 11 is 0. The van der Waals surface area contributed by atoms with E-state index in [1.807, 2.05) is 12.1 Å². The van der Waals surface area contributed by atoms with Gasteiger partial charge in [-0.3, -0.25) is 0 Å². The minimum absolute atomic E-state index is 0. The molecule has 100 valence electrons. The second-order valence-electron chi connectivity index (χ2n) is 4.34. The molecule has 1 fully saturated rings. The fraction of sp³-hybridized carbons (Fsp3) is 0.429. The molecule has 1 aliphatic rings. The first kappa shape index (κ1) is 15.0. The van der Waals surface area contributed by atoms with Crippen LogP contribution in [0.15, 0.2) is 30.5 Å². The molecule has 2 rings (SSSR count). The van der Waals surface area contributed by atoms with E-state index in [9.17, 15) is 4.39 Å². The van der Waals surface area contributed by atoms with Gasteiger partial charge in [-0.25, -0.2) is 4.39 Å². The van der Waals surface area contributed by atoms with E-state index in [2.05, 4.69) is 5.32 Å². The summed E-state index contributed by atoms with van der Waals surface area (Å²) < 4.78 is 18.1. The normalized spacial score (nSPS) is 17.1. The van der Waals surface area contributed by atoms with Gasteiger partial charge in [0, 0.05) is 0 Å². The summed E-state index contributed by atoms with van der Waals surface area (Å²) in [4.78, 5) is 0. The second-order valence-corrected chi connectivity index (χ2v) is 4.34. The summed E-state index contributed by atoms with van der Waals surface area (Å²) in [7, 11) is 1.66. The van der Waals surface area contributed by atoms with Crippen LogP contribution in [0.1, 0.15) is 18.4 Å². The number of ether oxygens (including phenoxy) is 1. The molecule has 1 heterocycles. The largest absolute Gasteiger partial charge is 0.504 e. The molecule has 0 amide bonds. The van der Waals surface area contributed by atoms with Crippen molar-refractivity contribution in [3.8, 4) is 0 Å². The minimum atomic E-state index is -0.198. The molecule has 0 aliphatic carbocycles. The van der Waals surface area contributed by atoms with Gasteiger partial charge < -0.3 is 10.1 Å². The maximum atomic E-state index is 12.9. The Kier molecular flexibility index (Phi) is 6.16. The van der Waals surface area contributed by atoms with Crippen LogP contribution in [-0.2, 0) is 4.74 Å². The van der Waals surface area contributed by atoms with Crippen molar-refractivity contribution >= 4 is 18.0 Å². The fourth-order valence-electron chi connectivity index (χ4n) is 2.30. The molecule has 0 aromatic heterocycles. The van der Waals surface area contributed by atoms with Gasteiger partial charge in [-0.05, 0) is 55.1 Å². The zero-order valence-electron chi connectivity index (χ0n) is 10.5. The van der Waals surface area contributed by atoms with Gasteiger partial charge >= 0.3 is 0 Å². The number of hydrogen-bond acceptors (Lipinski definition) is 2. The zero-order valence-corrected chi connectivity index (χ0v) is 11.3. The third-order valence-corrected chi connectivity index (χ3v) is 3.20. The van der Waals surface area contributed by atoms with Crippen molar-refractivity contribution in [2.24, 2.45) is 5.92 Å². The van der Waals surface area contributed by atoms with Gasteiger partial charge in [-0.1, -0.05) is 12.1 Å². The van der Waals surface area contributed by atoms with Crippen LogP contribution >= 0.6 is 12.4 Å². The molecule has 1 aromatic rings. The highest BCUT2D eigenvalue weighted by molar-refractivity contribution is 5.85. The maximum absolute atomic E-state index is 12.9. The lowest BCUT2D eigenvalue weighted by Crippen LogP contribution is -2.28. The highest BCUT2D eigenvalue weighted by Crippen LogP contribution is 2.30. The summed E-state index contributed by atoms with van der Waals surface area (Å²) in [5.41, 5.74) is 2.23. The Morgan fingerprint density at radius 3 is 2.44 bits per heavy atom. The Bertz CT molecular complexity index is 385. The molecule has 1 saturated heterocycles. The molecule has 0 atom stereocenters. The molecular weight excluding hydrogens is 253 g/mol.